The van der Waals surface area contributed by atoms with E-state index in [0.29, 0.717) is 11.1 Å². The van der Waals surface area contributed by atoms with Crippen LogP contribution in [0.3, 0.4) is 0 Å². The molecule has 0 unspecified atom stereocenters. The quantitative estimate of drug-likeness (QED) is 0.285. The number of aliphatic hydroxyl groups is 2. The summed E-state index contributed by atoms with van der Waals surface area (Å²) in [5, 5.41) is 36.7. The van der Waals surface area contributed by atoms with Crippen LogP contribution in [0.25, 0.3) is 12.2 Å². The van der Waals surface area contributed by atoms with Gasteiger partial charge >= 0.3 is 6.48 Å². The second-order valence-corrected chi connectivity index (χ2v) is 5.88. The van der Waals surface area contributed by atoms with Gasteiger partial charge in [-0.15, -0.1) is 0 Å². The molecule has 29 heavy (non-hydrogen) atoms. The Morgan fingerprint density at radius 1 is 0.897 bits per heavy atom. The lowest BCUT2D eigenvalue weighted by molar-refractivity contribution is -0.180. The smallest absolute Gasteiger partial charge is 0.310 e. The van der Waals surface area contributed by atoms with Gasteiger partial charge in [0.25, 0.3) is 0 Å². The first-order valence-corrected chi connectivity index (χ1v) is 8.43. The van der Waals surface area contributed by atoms with Crippen LogP contribution in [-0.4, -0.2) is 45.6 Å². The Labute approximate surface area is 166 Å². The molecule has 0 aliphatic carbocycles. The summed E-state index contributed by atoms with van der Waals surface area (Å²) in [4.78, 5) is 23.9. The van der Waals surface area contributed by atoms with E-state index < -0.39 is 18.0 Å². The summed E-state index contributed by atoms with van der Waals surface area (Å²) < 4.78 is 9.59. The van der Waals surface area contributed by atoms with Crippen LogP contribution in [0.15, 0.2) is 48.6 Å². The van der Waals surface area contributed by atoms with Crippen molar-refractivity contribution in [1.29, 1.82) is 0 Å². The summed E-state index contributed by atoms with van der Waals surface area (Å²) in [5.41, 5.74) is 1.07. The molecule has 8 heteroatoms. The standard InChI is InChI=1S/C21H20O8/c1-28-19-10-13(4-8-17(19)24)2-6-15(22)12-16(23)7-3-14-5-9-18(25)20(11-14)29-21(26)27/h2-11,21,24-27H,12H2,1H3. The van der Waals surface area contributed by atoms with Gasteiger partial charge in [-0.25, -0.2) is 0 Å². The molecule has 0 aliphatic heterocycles. The summed E-state index contributed by atoms with van der Waals surface area (Å²) in [5.74, 6) is -1.08. The number of hydrogen-bond donors (Lipinski definition) is 4. The van der Waals surface area contributed by atoms with Crippen LogP contribution in [0.4, 0.5) is 0 Å². The Bertz CT molecular complexity index is 944. The van der Waals surface area contributed by atoms with Crippen molar-refractivity contribution in [3.8, 4) is 23.0 Å². The number of methoxy groups -OCH3 is 1. The first-order chi connectivity index (χ1) is 13.8. The van der Waals surface area contributed by atoms with Crippen molar-refractivity contribution in [2.24, 2.45) is 0 Å². The molecule has 0 bridgehead atoms. The van der Waals surface area contributed by atoms with Crippen molar-refractivity contribution >= 4 is 23.7 Å². The maximum atomic E-state index is 12.0. The Morgan fingerprint density at radius 3 is 1.86 bits per heavy atom. The normalized spacial score (nSPS) is 11.3. The van der Waals surface area contributed by atoms with E-state index in [0.717, 1.165) is 0 Å². The number of benzene rings is 2. The predicted molar refractivity (Wildman–Crippen MR) is 104 cm³/mol. The first kappa shape index (κ1) is 21.7. The Balaban J connectivity index is 1.97. The third-order valence-electron chi connectivity index (χ3n) is 3.69. The molecule has 0 aromatic heterocycles. The second-order valence-electron chi connectivity index (χ2n) is 5.88. The van der Waals surface area contributed by atoms with Crippen LogP contribution < -0.4 is 9.47 Å². The average molecular weight is 400 g/mol. The van der Waals surface area contributed by atoms with E-state index >= 15 is 0 Å². The third kappa shape index (κ3) is 6.80. The van der Waals surface area contributed by atoms with Gasteiger partial charge in [0.15, 0.2) is 34.6 Å². The van der Waals surface area contributed by atoms with Crippen LogP contribution in [0.1, 0.15) is 17.5 Å². The van der Waals surface area contributed by atoms with E-state index in [9.17, 15) is 19.8 Å². The summed E-state index contributed by atoms with van der Waals surface area (Å²) in [7, 11) is 1.41. The molecule has 0 radical (unpaired) electrons. The van der Waals surface area contributed by atoms with Gasteiger partial charge in [0.2, 0.25) is 0 Å². The minimum absolute atomic E-state index is 0.0208. The van der Waals surface area contributed by atoms with Gasteiger partial charge in [0.05, 0.1) is 13.5 Å². The van der Waals surface area contributed by atoms with Crippen molar-refractivity contribution in [2.75, 3.05) is 7.11 Å². The fraction of sp³-hybridized carbons (Fsp3) is 0.143. The minimum Gasteiger partial charge on any atom is -0.504 e. The van der Waals surface area contributed by atoms with E-state index in [-0.39, 0.29) is 29.4 Å². The lowest BCUT2D eigenvalue weighted by atomic mass is 10.1. The fourth-order valence-electron chi connectivity index (χ4n) is 2.31. The number of ketones is 2. The molecule has 2 aromatic rings. The van der Waals surface area contributed by atoms with Gasteiger partial charge in [-0.3, -0.25) is 9.59 Å². The summed E-state index contributed by atoms with van der Waals surface area (Å²) in [6, 6.07) is 8.63. The van der Waals surface area contributed by atoms with Crippen molar-refractivity contribution in [3.05, 3.63) is 59.7 Å². The predicted octanol–water partition coefficient (Wildman–Crippen LogP) is 2.01. The molecule has 0 amide bonds. The van der Waals surface area contributed by atoms with E-state index in [1.807, 2.05) is 0 Å². The Hall–Kier alpha value is -3.62. The number of ether oxygens (including phenoxy) is 2. The van der Waals surface area contributed by atoms with Crippen LogP contribution in [-0.2, 0) is 9.59 Å². The molecule has 2 rings (SSSR count). The lowest BCUT2D eigenvalue weighted by Gasteiger charge is -2.09. The molecule has 152 valence electrons. The Morgan fingerprint density at radius 2 is 1.38 bits per heavy atom. The molecule has 4 N–H and O–H groups in total. The molecule has 0 fully saturated rings. The van der Waals surface area contributed by atoms with Crippen LogP contribution in [0.2, 0.25) is 0 Å². The maximum Gasteiger partial charge on any atom is 0.310 e. The third-order valence-corrected chi connectivity index (χ3v) is 3.69. The molecule has 0 atom stereocenters. The van der Waals surface area contributed by atoms with Gasteiger partial charge in [0, 0.05) is 0 Å². The summed E-state index contributed by atoms with van der Waals surface area (Å²) in [6.07, 6.45) is 5.01. The fourth-order valence-corrected chi connectivity index (χ4v) is 2.31. The van der Waals surface area contributed by atoms with Crippen molar-refractivity contribution in [1.82, 2.24) is 0 Å². The molecule has 0 saturated carbocycles. The van der Waals surface area contributed by atoms with Crippen molar-refractivity contribution in [2.45, 2.75) is 12.9 Å². The van der Waals surface area contributed by atoms with Gasteiger partial charge in [-0.2, -0.15) is 0 Å². The molecular weight excluding hydrogens is 380 g/mol. The first-order valence-electron chi connectivity index (χ1n) is 8.43. The largest absolute Gasteiger partial charge is 0.504 e. The van der Waals surface area contributed by atoms with Crippen LogP contribution >= 0.6 is 0 Å². The average Bonchev–Trinajstić information content (AvgIpc) is 2.67. The zero-order chi connectivity index (χ0) is 21.4. The number of carbonyl (C=O) groups is 2. The lowest BCUT2D eigenvalue weighted by Crippen LogP contribution is -2.13. The second kappa shape index (κ2) is 10.1. The van der Waals surface area contributed by atoms with E-state index in [2.05, 4.69) is 4.74 Å². The molecular formula is C21H20O8. The van der Waals surface area contributed by atoms with Gasteiger partial charge in [0.1, 0.15) is 0 Å². The topological polar surface area (TPSA) is 134 Å². The highest BCUT2D eigenvalue weighted by Gasteiger charge is 2.08. The number of carbonyl (C=O) groups excluding carboxylic acids is 2. The van der Waals surface area contributed by atoms with Crippen molar-refractivity contribution in [3.63, 3.8) is 0 Å². The number of phenolic OH excluding ortho intramolecular Hbond substituents is 2. The number of hydrogen-bond acceptors (Lipinski definition) is 8. The minimum atomic E-state index is -2.10. The van der Waals surface area contributed by atoms with Crippen molar-refractivity contribution < 1.29 is 39.5 Å². The number of aromatic hydroxyl groups is 2. The van der Waals surface area contributed by atoms with Crippen LogP contribution in [0.5, 0.6) is 23.0 Å². The number of phenols is 2. The molecule has 0 aliphatic rings. The molecule has 2 aromatic carbocycles. The Kier molecular flexibility index (Phi) is 7.53. The zero-order valence-electron chi connectivity index (χ0n) is 15.5. The summed E-state index contributed by atoms with van der Waals surface area (Å²) in [6.45, 7) is -2.10. The maximum absolute atomic E-state index is 12.0. The van der Waals surface area contributed by atoms with Gasteiger partial charge in [-0.05, 0) is 47.5 Å². The number of allylic oxidation sites excluding steroid dienone is 2. The van der Waals surface area contributed by atoms with E-state index in [4.69, 9.17) is 14.9 Å². The molecule has 0 heterocycles. The monoisotopic (exact) mass is 400 g/mol. The SMILES string of the molecule is COc1cc(C=CC(=O)CC(=O)C=Cc2ccc(O)c(OC(O)O)c2)ccc1O. The number of aliphatic hydroxyl groups excluding tert-OH is 1. The van der Waals surface area contributed by atoms with Gasteiger partial charge in [-0.1, -0.05) is 24.3 Å². The highest BCUT2D eigenvalue weighted by Crippen LogP contribution is 2.28. The highest BCUT2D eigenvalue weighted by molar-refractivity contribution is 6.10. The van der Waals surface area contributed by atoms with E-state index in [1.54, 1.807) is 12.1 Å². The molecule has 0 saturated heterocycles. The van der Waals surface area contributed by atoms with Gasteiger partial charge < -0.3 is 29.9 Å². The summed E-state index contributed by atoms with van der Waals surface area (Å²) >= 11 is 0. The molecule has 8 nitrogen and oxygen atoms in total. The van der Waals surface area contributed by atoms with Crippen LogP contribution in [0, 0.1) is 0 Å². The highest BCUT2D eigenvalue weighted by atomic mass is 16.7. The number of rotatable bonds is 9. The zero-order valence-corrected chi connectivity index (χ0v) is 15.5. The van der Waals surface area contributed by atoms with E-state index in [1.165, 1.54) is 55.7 Å². The molecule has 0 spiro atoms.